The van der Waals surface area contributed by atoms with Crippen molar-refractivity contribution in [1.29, 1.82) is 0 Å². The van der Waals surface area contributed by atoms with Gasteiger partial charge in [0.2, 0.25) is 0 Å². The van der Waals surface area contributed by atoms with Gasteiger partial charge in [-0.2, -0.15) is 0 Å². The fourth-order valence-electron chi connectivity index (χ4n) is 2.08. The van der Waals surface area contributed by atoms with Crippen molar-refractivity contribution in [3.8, 4) is 0 Å². The van der Waals surface area contributed by atoms with Crippen molar-refractivity contribution in [2.45, 2.75) is 41.7 Å². The van der Waals surface area contributed by atoms with Crippen LogP contribution in [0.15, 0.2) is 23.4 Å². The summed E-state index contributed by atoms with van der Waals surface area (Å²) in [5.41, 5.74) is -0.131. The third-order valence-electron chi connectivity index (χ3n) is 3.59. The standard InChI is InChI=1S/C14H15N3O9S3.Na/c1-8(27-28-11-4-3-9(7-15-11)17(21)22)2-5-13(19)26-16-12(18)6-10(14(16)20)29(23,24)25;/h3-4,7-8,10H,2,5-6H2,1H3,(H,23,24,25);/q;+1/p-1. The van der Waals surface area contributed by atoms with Gasteiger partial charge in [-0.1, -0.05) is 17.7 Å². The monoisotopic (exact) mass is 487 g/mol. The van der Waals surface area contributed by atoms with Crippen LogP contribution in [-0.2, 0) is 29.3 Å². The molecule has 2 heterocycles. The summed E-state index contributed by atoms with van der Waals surface area (Å²) in [6, 6.07) is 2.80. The molecule has 30 heavy (non-hydrogen) atoms. The fourth-order valence-corrected chi connectivity index (χ4v) is 4.84. The van der Waals surface area contributed by atoms with E-state index in [0.29, 0.717) is 11.4 Å². The number of hydroxylamine groups is 2. The normalized spacial score (nSPS) is 17.4. The Balaban J connectivity index is 0.00000450. The van der Waals surface area contributed by atoms with Crippen LogP contribution >= 0.6 is 21.6 Å². The second-order valence-corrected chi connectivity index (χ2v) is 10.0. The summed E-state index contributed by atoms with van der Waals surface area (Å²) in [6.45, 7) is 1.79. The van der Waals surface area contributed by atoms with E-state index >= 15 is 0 Å². The molecule has 0 saturated carbocycles. The van der Waals surface area contributed by atoms with Gasteiger partial charge in [0.1, 0.15) is 26.6 Å². The Labute approximate surface area is 201 Å². The first-order valence-corrected chi connectivity index (χ1v) is 11.6. The smallest absolute Gasteiger partial charge is 0.747 e. The minimum absolute atomic E-state index is 0. The number of imide groups is 1. The molecule has 0 aromatic carbocycles. The van der Waals surface area contributed by atoms with Gasteiger partial charge in [0.05, 0.1) is 11.3 Å². The molecule has 0 radical (unpaired) electrons. The predicted octanol–water partition coefficient (Wildman–Crippen LogP) is -1.97. The Morgan fingerprint density at radius 2 is 2.10 bits per heavy atom. The van der Waals surface area contributed by atoms with Gasteiger partial charge in [-0.15, -0.1) is 5.06 Å². The zero-order valence-electron chi connectivity index (χ0n) is 15.7. The van der Waals surface area contributed by atoms with E-state index in [-0.39, 0.29) is 52.0 Å². The predicted molar refractivity (Wildman–Crippen MR) is 99.1 cm³/mol. The Hall–Kier alpha value is -1.23. The van der Waals surface area contributed by atoms with E-state index in [0.717, 1.165) is 6.20 Å². The number of carbonyl (C=O) groups is 3. The Kier molecular flexibility index (Phi) is 10.2. The molecule has 1 aliphatic heterocycles. The van der Waals surface area contributed by atoms with Gasteiger partial charge in [0.15, 0.2) is 0 Å². The molecule has 12 nitrogen and oxygen atoms in total. The van der Waals surface area contributed by atoms with Crippen LogP contribution in [0.2, 0.25) is 0 Å². The molecule has 1 fully saturated rings. The number of hydrogen-bond donors (Lipinski definition) is 0. The van der Waals surface area contributed by atoms with Gasteiger partial charge in [0.25, 0.3) is 17.5 Å². The number of amides is 2. The molecule has 1 aromatic heterocycles. The largest absolute Gasteiger partial charge is 1.00 e. The maximum atomic E-state index is 11.8. The molecule has 1 aliphatic rings. The van der Waals surface area contributed by atoms with Gasteiger partial charge in [-0.25, -0.2) is 18.2 Å². The van der Waals surface area contributed by atoms with Crippen molar-refractivity contribution in [2.75, 3.05) is 0 Å². The second kappa shape index (κ2) is 11.4. The molecule has 158 valence electrons. The second-order valence-electron chi connectivity index (χ2n) is 5.82. The average molecular weight is 487 g/mol. The van der Waals surface area contributed by atoms with Crippen molar-refractivity contribution in [2.24, 2.45) is 0 Å². The quantitative estimate of drug-likeness (QED) is 0.0939. The van der Waals surface area contributed by atoms with E-state index < -0.39 is 44.5 Å². The average Bonchev–Trinajstić information content (AvgIpc) is 2.93. The van der Waals surface area contributed by atoms with E-state index in [1.807, 2.05) is 0 Å². The zero-order valence-corrected chi connectivity index (χ0v) is 20.2. The van der Waals surface area contributed by atoms with Gasteiger partial charge in [-0.05, 0) is 23.3 Å². The van der Waals surface area contributed by atoms with Crippen LogP contribution in [0.4, 0.5) is 5.69 Å². The van der Waals surface area contributed by atoms with Gasteiger partial charge < -0.3 is 9.39 Å². The molecule has 2 unspecified atom stereocenters. The molecule has 0 N–H and O–H groups in total. The molecule has 0 spiro atoms. The summed E-state index contributed by atoms with van der Waals surface area (Å²) in [7, 11) is -2.43. The SMILES string of the molecule is CC(CCC(=O)ON1C(=O)CC(S(=O)(=O)[O-])C1=O)SSc1ccc([N+](=O)[O-])cn1.[Na+]. The summed E-state index contributed by atoms with van der Waals surface area (Å²) in [5.74, 6) is -3.38. The Morgan fingerprint density at radius 3 is 2.60 bits per heavy atom. The molecule has 2 amide bonds. The van der Waals surface area contributed by atoms with Crippen LogP contribution < -0.4 is 29.6 Å². The first-order chi connectivity index (χ1) is 13.5. The first kappa shape index (κ1) is 26.8. The third kappa shape index (κ3) is 7.47. The molecule has 2 atom stereocenters. The molecule has 2 rings (SSSR count). The summed E-state index contributed by atoms with van der Waals surface area (Å²) in [6.07, 6.45) is 0.394. The van der Waals surface area contributed by atoms with Crippen molar-refractivity contribution in [1.82, 2.24) is 10.0 Å². The molecule has 0 bridgehead atoms. The fraction of sp³-hybridized carbons (Fsp3) is 0.429. The number of carbonyl (C=O) groups excluding carboxylic acids is 3. The van der Waals surface area contributed by atoms with E-state index in [4.69, 9.17) is 0 Å². The number of hydrogen-bond acceptors (Lipinski definition) is 12. The van der Waals surface area contributed by atoms with Crippen molar-refractivity contribution < 1.29 is 66.7 Å². The number of nitro groups is 1. The van der Waals surface area contributed by atoms with Crippen LogP contribution in [0, 0.1) is 10.1 Å². The van der Waals surface area contributed by atoms with Crippen LogP contribution in [-0.4, -0.2) is 56.2 Å². The minimum atomic E-state index is -5.02. The van der Waals surface area contributed by atoms with E-state index in [2.05, 4.69) is 9.82 Å². The molecule has 1 aromatic rings. The third-order valence-corrected chi connectivity index (χ3v) is 7.51. The molecule has 16 heteroatoms. The molecular weight excluding hydrogens is 473 g/mol. The Morgan fingerprint density at radius 1 is 1.43 bits per heavy atom. The van der Waals surface area contributed by atoms with E-state index in [9.17, 15) is 37.5 Å². The van der Waals surface area contributed by atoms with Crippen molar-refractivity contribution in [3.63, 3.8) is 0 Å². The van der Waals surface area contributed by atoms with Crippen LogP contribution in [0.3, 0.4) is 0 Å². The zero-order chi connectivity index (χ0) is 21.8. The van der Waals surface area contributed by atoms with E-state index in [1.165, 1.54) is 33.7 Å². The minimum Gasteiger partial charge on any atom is -0.747 e. The maximum absolute atomic E-state index is 11.8. The topological polar surface area (TPSA) is 177 Å². The number of aromatic nitrogens is 1. The summed E-state index contributed by atoms with van der Waals surface area (Å²) >= 11 is 0. The molecule has 0 aliphatic carbocycles. The number of pyridine rings is 1. The van der Waals surface area contributed by atoms with Gasteiger partial charge in [0, 0.05) is 17.7 Å². The van der Waals surface area contributed by atoms with Crippen LogP contribution in [0.25, 0.3) is 0 Å². The summed E-state index contributed by atoms with van der Waals surface area (Å²) in [4.78, 5) is 53.8. The number of nitrogens with zero attached hydrogens (tertiary/aromatic N) is 3. The summed E-state index contributed by atoms with van der Waals surface area (Å²) in [5, 5.41) is 8.96. The summed E-state index contributed by atoms with van der Waals surface area (Å²) < 4.78 is 32.8. The van der Waals surface area contributed by atoms with E-state index in [1.54, 1.807) is 6.92 Å². The van der Waals surface area contributed by atoms with Gasteiger partial charge in [-0.3, -0.25) is 19.7 Å². The van der Waals surface area contributed by atoms with Crippen molar-refractivity contribution >= 4 is 55.2 Å². The van der Waals surface area contributed by atoms with Gasteiger partial charge >= 0.3 is 35.5 Å². The molecule has 1 saturated heterocycles. The maximum Gasteiger partial charge on any atom is 1.00 e. The number of rotatable bonds is 9. The Bertz CT molecular complexity index is 926. The van der Waals surface area contributed by atoms with Crippen LogP contribution in [0.1, 0.15) is 26.2 Å². The first-order valence-electron chi connectivity index (χ1n) is 7.95. The van der Waals surface area contributed by atoms with Crippen LogP contribution in [0.5, 0.6) is 0 Å². The molecular formula is C14H14N3NaO9S3. The van der Waals surface area contributed by atoms with Crippen molar-refractivity contribution in [3.05, 3.63) is 28.4 Å².